The Kier molecular flexibility index (Phi) is 5.12. The monoisotopic (exact) mass is 568 g/mol. The molecule has 41 heavy (non-hydrogen) atoms. The van der Waals surface area contributed by atoms with Crippen LogP contribution in [0.3, 0.4) is 0 Å². The van der Waals surface area contributed by atoms with E-state index in [0.717, 1.165) is 43.1 Å². The second-order valence-electron chi connectivity index (χ2n) is 9.67. The van der Waals surface area contributed by atoms with E-state index >= 15 is 0 Å². The molecule has 0 atom stereocenters. The molecule has 9 heteroatoms. The molecule has 0 amide bonds. The van der Waals surface area contributed by atoms with Crippen molar-refractivity contribution in [2.75, 3.05) is 0 Å². The molecule has 0 fully saturated rings. The summed E-state index contributed by atoms with van der Waals surface area (Å²) in [5.41, 5.74) is 2.21. The van der Waals surface area contributed by atoms with E-state index < -0.39 is 0 Å². The van der Waals surface area contributed by atoms with Gasteiger partial charge in [0.15, 0.2) is 0 Å². The minimum atomic E-state index is 0. The molecule has 192 valence electrons. The first-order valence-corrected chi connectivity index (χ1v) is 12.9. The first-order chi connectivity index (χ1) is 19.8. The molecule has 8 nitrogen and oxygen atoms in total. The molecule has 0 saturated carbocycles. The first-order valence-electron chi connectivity index (χ1n) is 12.9. The number of hydrogen-bond donors (Lipinski definition) is 0. The summed E-state index contributed by atoms with van der Waals surface area (Å²) in [6, 6.07) is 31.8. The van der Waals surface area contributed by atoms with Crippen LogP contribution in [0, 0.1) is 0 Å². The molecular formula is C32H16FeN8. The maximum Gasteiger partial charge on any atom is 4.00 e. The van der Waals surface area contributed by atoms with E-state index in [1.54, 1.807) is 0 Å². The van der Waals surface area contributed by atoms with Crippen molar-refractivity contribution in [3.8, 4) is 0 Å². The quantitative estimate of drug-likeness (QED) is 0.255. The minimum Gasteiger partial charge on any atom is -0.357 e. The van der Waals surface area contributed by atoms with Crippen LogP contribution in [0.1, 0.15) is 0 Å². The number of nitrogens with zero attached hydrogens (tertiary/aromatic N) is 8. The molecule has 1 aliphatic rings. The van der Waals surface area contributed by atoms with E-state index in [9.17, 15) is 0 Å². The third-order valence-electron chi connectivity index (χ3n) is 7.33. The van der Waals surface area contributed by atoms with Gasteiger partial charge in [0.2, 0.25) is 0 Å². The molecule has 1 aliphatic heterocycles. The third kappa shape index (κ3) is 3.53. The average Bonchev–Trinajstić information content (AvgIpc) is 3.73. The van der Waals surface area contributed by atoms with Gasteiger partial charge >= 0.3 is 17.1 Å². The van der Waals surface area contributed by atoms with Gasteiger partial charge in [-0.15, -0.1) is 0 Å². The summed E-state index contributed by atoms with van der Waals surface area (Å²) >= 11 is 0. The molecule has 9 rings (SSSR count). The Labute approximate surface area is 241 Å². The van der Waals surface area contributed by atoms with Gasteiger partial charge in [-0.3, -0.25) is 0 Å². The Balaban J connectivity index is 0.00000256. The van der Waals surface area contributed by atoms with E-state index in [4.69, 9.17) is 39.9 Å². The van der Waals surface area contributed by atoms with E-state index in [-0.39, 0.29) is 17.1 Å². The smallest absolute Gasteiger partial charge is 0.357 e. The van der Waals surface area contributed by atoms with Crippen LogP contribution in [0.25, 0.3) is 43.1 Å². The topological polar surface area (TPSA) is 106 Å². The molecule has 0 saturated heterocycles. The van der Waals surface area contributed by atoms with Gasteiger partial charge in [-0.05, 0) is 43.1 Å². The molecule has 0 radical (unpaired) electrons. The van der Waals surface area contributed by atoms with Gasteiger partial charge < -0.3 is 39.9 Å². The minimum absolute atomic E-state index is 0. The SMILES string of the molecule is [Fe+4].c1ccc2c3[n-]c(c2c1)/N=c1\[n-]/c(c2ccccc12)=N\c1[n-]c(c2ccccc12)/N=c1\[n-]/c(c2ccccc12)=N\3. The van der Waals surface area contributed by atoms with Crippen molar-refractivity contribution < 1.29 is 17.1 Å². The summed E-state index contributed by atoms with van der Waals surface area (Å²) in [6.45, 7) is 0. The van der Waals surface area contributed by atoms with Crippen LogP contribution in [-0.4, -0.2) is 0 Å². The molecule has 0 aliphatic carbocycles. The zero-order chi connectivity index (χ0) is 26.2. The second-order valence-corrected chi connectivity index (χ2v) is 9.67. The Morgan fingerprint density at radius 1 is 0.293 bits per heavy atom. The van der Waals surface area contributed by atoms with E-state index in [0.29, 0.717) is 45.2 Å². The average molecular weight is 568 g/mol. The van der Waals surface area contributed by atoms with Gasteiger partial charge in [-0.25, -0.2) is 0 Å². The van der Waals surface area contributed by atoms with Gasteiger partial charge in [0.1, 0.15) is 0 Å². The van der Waals surface area contributed by atoms with Crippen molar-refractivity contribution in [3.05, 3.63) is 119 Å². The predicted octanol–water partition coefficient (Wildman–Crippen LogP) is 4.24. The maximum absolute atomic E-state index is 4.95. The maximum atomic E-state index is 4.95. The molecule has 4 aromatic heterocycles. The Bertz CT molecular complexity index is 2220. The molecule has 0 spiro atoms. The Morgan fingerprint density at radius 2 is 0.512 bits per heavy atom. The fraction of sp³-hybridized carbons (Fsp3) is 0. The molecule has 8 aromatic rings. The second kappa shape index (κ2) is 8.89. The van der Waals surface area contributed by atoms with Gasteiger partial charge in [-0.2, -0.15) is 0 Å². The van der Waals surface area contributed by atoms with Crippen LogP contribution in [0.5, 0.6) is 0 Å². The number of benzene rings is 4. The first kappa shape index (κ1) is 23.6. The van der Waals surface area contributed by atoms with Crippen molar-refractivity contribution in [2.24, 2.45) is 20.0 Å². The van der Waals surface area contributed by atoms with Crippen molar-refractivity contribution in [3.63, 3.8) is 0 Å². The van der Waals surface area contributed by atoms with Crippen LogP contribution in [0.2, 0.25) is 0 Å². The molecule has 0 N–H and O–H groups in total. The van der Waals surface area contributed by atoms with E-state index in [1.165, 1.54) is 0 Å². The van der Waals surface area contributed by atoms with Crippen LogP contribution in [0.4, 0.5) is 23.3 Å². The summed E-state index contributed by atoms with van der Waals surface area (Å²) in [5, 5.41) is 7.15. The number of fused-ring (bicyclic) bond motifs is 20. The Morgan fingerprint density at radius 3 is 0.756 bits per heavy atom. The van der Waals surface area contributed by atoms with Crippen molar-refractivity contribution in [1.82, 2.24) is 19.9 Å². The van der Waals surface area contributed by atoms with Crippen LogP contribution < -0.4 is 41.9 Å². The summed E-state index contributed by atoms with van der Waals surface area (Å²) in [6.07, 6.45) is 0. The van der Waals surface area contributed by atoms with E-state index in [2.05, 4.69) is 0 Å². The van der Waals surface area contributed by atoms with Crippen LogP contribution in [-0.2, 0) is 17.1 Å². The van der Waals surface area contributed by atoms with Gasteiger partial charge in [0, 0.05) is 45.2 Å². The zero-order valence-electron chi connectivity index (χ0n) is 21.2. The molecule has 4 aromatic carbocycles. The zero-order valence-corrected chi connectivity index (χ0v) is 22.3. The van der Waals surface area contributed by atoms with Crippen molar-refractivity contribution in [1.29, 1.82) is 0 Å². The van der Waals surface area contributed by atoms with Gasteiger partial charge in [0.25, 0.3) is 0 Å². The molecular weight excluding hydrogens is 552 g/mol. The van der Waals surface area contributed by atoms with E-state index in [1.807, 2.05) is 97.1 Å². The fourth-order valence-electron chi connectivity index (χ4n) is 5.46. The molecule has 5 heterocycles. The fourth-order valence-corrected chi connectivity index (χ4v) is 5.46. The predicted molar refractivity (Wildman–Crippen MR) is 152 cm³/mol. The summed E-state index contributed by atoms with van der Waals surface area (Å²) in [4.78, 5) is 39.3. The summed E-state index contributed by atoms with van der Waals surface area (Å²) in [7, 11) is 0. The van der Waals surface area contributed by atoms with Crippen molar-refractivity contribution in [2.45, 2.75) is 0 Å². The van der Waals surface area contributed by atoms with Crippen LogP contribution >= 0.6 is 0 Å². The van der Waals surface area contributed by atoms with Gasteiger partial charge in [0.05, 0.1) is 0 Å². The van der Waals surface area contributed by atoms with Crippen molar-refractivity contribution >= 4 is 66.4 Å². The normalized spacial score (nSPS) is 15.8. The largest absolute Gasteiger partial charge is 4.00 e. The van der Waals surface area contributed by atoms with Crippen LogP contribution in [0.15, 0.2) is 117 Å². The Hall–Kier alpha value is -5.24. The number of rotatable bonds is 0. The standard InChI is InChI=1S/C32H16N8.Fe/c1-2-10-18-17(9-1)25-33-26(18)38-28-21-13-5-6-14-22(21)30(35-28)40-32-24-16-8-7-15-23(24)31(36-32)39-29-20-12-4-3-11-19(20)27(34-29)37-25;/h1-16H;/q-4;+4. The summed E-state index contributed by atoms with van der Waals surface area (Å²) < 4.78 is 0. The molecule has 8 bridgehead atoms. The summed E-state index contributed by atoms with van der Waals surface area (Å²) in [5.74, 6) is 2.21. The third-order valence-corrected chi connectivity index (χ3v) is 7.33. The van der Waals surface area contributed by atoms with Gasteiger partial charge in [-0.1, -0.05) is 97.1 Å². The number of hydrogen-bond acceptors (Lipinski definition) is 4. The molecule has 0 unspecified atom stereocenters. The number of aromatic nitrogens is 4.